The number of benzene rings is 1. The Morgan fingerprint density at radius 2 is 2.29 bits per heavy atom. The number of rotatable bonds is 6. The van der Waals surface area contributed by atoms with Gasteiger partial charge in [-0.25, -0.2) is 0 Å². The van der Waals surface area contributed by atoms with Crippen molar-refractivity contribution in [3.8, 4) is 5.75 Å². The van der Waals surface area contributed by atoms with E-state index < -0.39 is 0 Å². The summed E-state index contributed by atoms with van der Waals surface area (Å²) >= 11 is 0. The largest absolute Gasteiger partial charge is 0.484 e. The van der Waals surface area contributed by atoms with Gasteiger partial charge in [0.15, 0.2) is 6.61 Å². The molecule has 6 nitrogen and oxygen atoms in total. The number of hydrogen-bond acceptors (Lipinski definition) is 5. The van der Waals surface area contributed by atoms with Crippen molar-refractivity contribution in [1.29, 1.82) is 0 Å². The molecule has 0 aromatic heterocycles. The second kappa shape index (κ2) is 7.64. The first kappa shape index (κ1) is 15.3. The summed E-state index contributed by atoms with van der Waals surface area (Å²) in [4.78, 5) is 11.5. The summed E-state index contributed by atoms with van der Waals surface area (Å²) in [5.74, 6) is 0.402. The minimum absolute atomic E-state index is 0.0475. The van der Waals surface area contributed by atoms with Gasteiger partial charge in [-0.05, 0) is 37.0 Å². The van der Waals surface area contributed by atoms with Crippen molar-refractivity contribution in [3.63, 3.8) is 0 Å². The van der Waals surface area contributed by atoms with Crippen LogP contribution < -0.4 is 10.1 Å². The van der Waals surface area contributed by atoms with Crippen LogP contribution in [0.4, 0.5) is 0 Å². The van der Waals surface area contributed by atoms with Gasteiger partial charge >= 0.3 is 0 Å². The van der Waals surface area contributed by atoms with Crippen molar-refractivity contribution >= 4 is 11.6 Å². The van der Waals surface area contributed by atoms with Gasteiger partial charge in [0, 0.05) is 19.2 Å². The molecule has 1 aromatic rings. The van der Waals surface area contributed by atoms with E-state index in [1.807, 2.05) is 18.2 Å². The highest BCUT2D eigenvalue weighted by atomic mass is 16.5. The van der Waals surface area contributed by atoms with Crippen molar-refractivity contribution in [2.75, 3.05) is 26.9 Å². The monoisotopic (exact) mass is 292 g/mol. The number of ether oxygens (including phenoxy) is 2. The molecule has 0 heterocycles. The Hall–Kier alpha value is -2.08. The maximum Gasteiger partial charge on any atom is 0.258 e. The molecular weight excluding hydrogens is 272 g/mol. The summed E-state index contributed by atoms with van der Waals surface area (Å²) in [6, 6.07) is 5.62. The van der Waals surface area contributed by atoms with Crippen LogP contribution in [0.2, 0.25) is 0 Å². The number of fused-ring (bicyclic) bond motifs is 1. The molecule has 0 aliphatic heterocycles. The smallest absolute Gasteiger partial charge is 0.258 e. The van der Waals surface area contributed by atoms with Gasteiger partial charge in [-0.1, -0.05) is 11.2 Å². The maximum absolute atomic E-state index is 11.5. The van der Waals surface area contributed by atoms with Crippen LogP contribution in [0.1, 0.15) is 24.0 Å². The van der Waals surface area contributed by atoms with Crippen LogP contribution in [0.5, 0.6) is 5.75 Å². The molecule has 114 valence electrons. The number of nitrogens with zero attached hydrogens (tertiary/aromatic N) is 1. The molecule has 0 atom stereocenters. The zero-order valence-corrected chi connectivity index (χ0v) is 12.1. The number of carbonyl (C=O) groups is 1. The number of aryl methyl sites for hydroxylation is 1. The van der Waals surface area contributed by atoms with Crippen molar-refractivity contribution in [3.05, 3.63) is 29.3 Å². The van der Waals surface area contributed by atoms with E-state index in [1.54, 1.807) is 7.11 Å². The fourth-order valence-corrected chi connectivity index (χ4v) is 2.31. The summed E-state index contributed by atoms with van der Waals surface area (Å²) in [5.41, 5.74) is 2.72. The molecule has 2 rings (SSSR count). The van der Waals surface area contributed by atoms with E-state index in [4.69, 9.17) is 14.7 Å². The van der Waals surface area contributed by atoms with Crippen LogP contribution in [0, 0.1) is 0 Å². The van der Waals surface area contributed by atoms with Gasteiger partial charge in [0.25, 0.3) is 5.91 Å². The molecule has 0 spiro atoms. The first-order chi connectivity index (χ1) is 10.2. The lowest BCUT2D eigenvalue weighted by Gasteiger charge is -2.17. The minimum atomic E-state index is -0.194. The van der Waals surface area contributed by atoms with Crippen LogP contribution in [-0.2, 0) is 16.0 Å². The quantitative estimate of drug-likeness (QED) is 0.471. The number of methoxy groups -OCH3 is 1. The number of amides is 1. The molecule has 0 bridgehead atoms. The van der Waals surface area contributed by atoms with Crippen molar-refractivity contribution < 1.29 is 19.5 Å². The Bertz CT molecular complexity index is 528. The number of nitrogens with one attached hydrogen (secondary N) is 1. The summed E-state index contributed by atoms with van der Waals surface area (Å²) in [6.45, 7) is 0.888. The predicted octanol–water partition coefficient (Wildman–Crippen LogP) is 1.34. The summed E-state index contributed by atoms with van der Waals surface area (Å²) in [6.07, 6.45) is 2.70. The van der Waals surface area contributed by atoms with E-state index in [1.165, 1.54) is 0 Å². The van der Waals surface area contributed by atoms with Gasteiger partial charge in [0.2, 0.25) is 0 Å². The first-order valence-corrected chi connectivity index (χ1v) is 6.97. The number of carbonyl (C=O) groups excluding carboxylic acids is 1. The van der Waals surface area contributed by atoms with E-state index in [0.29, 0.717) is 24.6 Å². The average molecular weight is 292 g/mol. The molecule has 1 aliphatic rings. The Kier molecular flexibility index (Phi) is 5.57. The molecule has 0 unspecified atom stereocenters. The highest BCUT2D eigenvalue weighted by Gasteiger charge is 2.17. The fourth-order valence-electron chi connectivity index (χ4n) is 2.31. The van der Waals surface area contributed by atoms with E-state index in [-0.39, 0.29) is 12.5 Å². The Morgan fingerprint density at radius 3 is 3.05 bits per heavy atom. The fraction of sp³-hybridized carbons (Fsp3) is 0.467. The molecule has 21 heavy (non-hydrogen) atoms. The van der Waals surface area contributed by atoms with Crippen LogP contribution in [-0.4, -0.2) is 43.7 Å². The molecule has 6 heteroatoms. The van der Waals surface area contributed by atoms with Crippen LogP contribution >= 0.6 is 0 Å². The molecule has 0 radical (unpaired) electrons. The molecule has 1 amide bonds. The molecule has 1 aromatic carbocycles. The third-order valence-electron chi connectivity index (χ3n) is 3.37. The lowest BCUT2D eigenvalue weighted by molar-refractivity contribution is -0.123. The van der Waals surface area contributed by atoms with Gasteiger partial charge < -0.3 is 20.0 Å². The van der Waals surface area contributed by atoms with Crippen LogP contribution in [0.3, 0.4) is 0 Å². The normalized spacial score (nSPS) is 15.6. The van der Waals surface area contributed by atoms with Gasteiger partial charge in [-0.3, -0.25) is 4.79 Å². The van der Waals surface area contributed by atoms with Crippen molar-refractivity contribution in [2.24, 2.45) is 5.16 Å². The van der Waals surface area contributed by atoms with E-state index in [9.17, 15) is 4.79 Å². The molecule has 2 N–H and O–H groups in total. The van der Waals surface area contributed by atoms with E-state index in [2.05, 4.69) is 10.5 Å². The molecule has 0 fully saturated rings. The minimum Gasteiger partial charge on any atom is -0.484 e. The third-order valence-corrected chi connectivity index (χ3v) is 3.37. The molecular formula is C15H20N2O4. The molecule has 1 aliphatic carbocycles. The predicted molar refractivity (Wildman–Crippen MR) is 78.1 cm³/mol. The summed E-state index contributed by atoms with van der Waals surface area (Å²) in [7, 11) is 1.58. The maximum atomic E-state index is 11.5. The standard InChI is InChI=1S/C15H20N2O4/c1-20-8-7-16-15(18)10-21-12-6-5-11-3-2-4-14(17-19)13(11)9-12/h5-6,9,19H,2-4,7-8,10H2,1H3,(H,16,18)/b17-14-. The molecule has 0 saturated heterocycles. The summed E-state index contributed by atoms with van der Waals surface area (Å²) in [5, 5.41) is 15.1. The highest BCUT2D eigenvalue weighted by molar-refractivity contribution is 6.02. The van der Waals surface area contributed by atoms with E-state index in [0.717, 1.165) is 30.4 Å². The van der Waals surface area contributed by atoms with Crippen molar-refractivity contribution in [1.82, 2.24) is 5.32 Å². The zero-order valence-electron chi connectivity index (χ0n) is 12.1. The number of oxime groups is 1. The Labute approximate surface area is 123 Å². The van der Waals surface area contributed by atoms with Gasteiger partial charge in [0.05, 0.1) is 12.3 Å². The Balaban J connectivity index is 1.94. The third kappa shape index (κ3) is 4.19. The zero-order chi connectivity index (χ0) is 15.1. The first-order valence-electron chi connectivity index (χ1n) is 6.97. The SMILES string of the molecule is COCCNC(=O)COc1ccc2c(c1)/C(=N\O)CCC2. The second-order valence-corrected chi connectivity index (χ2v) is 4.85. The lowest BCUT2D eigenvalue weighted by atomic mass is 9.90. The summed E-state index contributed by atoms with van der Waals surface area (Å²) < 4.78 is 10.3. The lowest BCUT2D eigenvalue weighted by Crippen LogP contribution is -2.31. The average Bonchev–Trinajstić information content (AvgIpc) is 2.52. The van der Waals surface area contributed by atoms with Crippen molar-refractivity contribution in [2.45, 2.75) is 19.3 Å². The number of hydrogen-bond donors (Lipinski definition) is 2. The van der Waals surface area contributed by atoms with E-state index >= 15 is 0 Å². The van der Waals surface area contributed by atoms with Crippen LogP contribution in [0.15, 0.2) is 23.4 Å². The molecule has 0 saturated carbocycles. The van der Waals surface area contributed by atoms with Crippen LogP contribution in [0.25, 0.3) is 0 Å². The van der Waals surface area contributed by atoms with Gasteiger partial charge in [-0.2, -0.15) is 0 Å². The second-order valence-electron chi connectivity index (χ2n) is 4.85. The topological polar surface area (TPSA) is 80.2 Å². The van der Waals surface area contributed by atoms with Gasteiger partial charge in [-0.15, -0.1) is 0 Å². The Morgan fingerprint density at radius 1 is 1.43 bits per heavy atom. The highest BCUT2D eigenvalue weighted by Crippen LogP contribution is 2.25. The van der Waals surface area contributed by atoms with Gasteiger partial charge in [0.1, 0.15) is 5.75 Å².